The van der Waals surface area contributed by atoms with Gasteiger partial charge in [-0.3, -0.25) is 0 Å². The molecule has 1 fully saturated rings. The molecule has 3 nitrogen and oxygen atoms in total. The monoisotopic (exact) mass is 269 g/mol. The second-order valence-electron chi connectivity index (χ2n) is 5.67. The van der Waals surface area contributed by atoms with E-state index >= 15 is 0 Å². The fourth-order valence-corrected chi connectivity index (χ4v) is 3.32. The largest absolute Gasteiger partial charge is 0.330 e. The molecule has 1 heterocycles. The highest BCUT2D eigenvalue weighted by molar-refractivity contribution is 5.36. The summed E-state index contributed by atoms with van der Waals surface area (Å²) in [6.45, 7) is 0.679. The zero-order valence-corrected chi connectivity index (χ0v) is 12.0. The van der Waals surface area contributed by atoms with Crippen LogP contribution in [0.1, 0.15) is 49.3 Å². The summed E-state index contributed by atoms with van der Waals surface area (Å²) in [6.07, 6.45) is 9.67. The second-order valence-corrected chi connectivity index (χ2v) is 5.67. The van der Waals surface area contributed by atoms with Gasteiger partial charge < -0.3 is 5.73 Å². The molecule has 0 aliphatic heterocycles. The highest BCUT2D eigenvalue weighted by atomic mass is 15.3. The van der Waals surface area contributed by atoms with Crippen molar-refractivity contribution in [2.45, 2.75) is 44.4 Å². The van der Waals surface area contributed by atoms with Crippen LogP contribution in [0, 0.1) is 0 Å². The highest BCUT2D eigenvalue weighted by Crippen LogP contribution is 2.35. The van der Waals surface area contributed by atoms with Gasteiger partial charge in [0.15, 0.2) is 0 Å². The van der Waals surface area contributed by atoms with Gasteiger partial charge in [0.25, 0.3) is 0 Å². The topological polar surface area (TPSA) is 43.8 Å². The normalized spacial score (nSPS) is 16.4. The molecule has 0 bridgehead atoms. The Morgan fingerprint density at radius 1 is 1.10 bits per heavy atom. The van der Waals surface area contributed by atoms with Crippen LogP contribution in [0.2, 0.25) is 0 Å². The van der Waals surface area contributed by atoms with Crippen LogP contribution in [0.15, 0.2) is 36.5 Å². The van der Waals surface area contributed by atoms with Gasteiger partial charge in [0.05, 0.1) is 11.9 Å². The van der Waals surface area contributed by atoms with Crippen molar-refractivity contribution in [3.05, 3.63) is 47.8 Å². The van der Waals surface area contributed by atoms with E-state index in [2.05, 4.69) is 40.2 Å². The summed E-state index contributed by atoms with van der Waals surface area (Å²) in [7, 11) is 0. The number of nitrogens with two attached hydrogens (primary N) is 1. The van der Waals surface area contributed by atoms with E-state index in [1.165, 1.54) is 43.4 Å². The number of rotatable bonds is 4. The minimum Gasteiger partial charge on any atom is -0.330 e. The van der Waals surface area contributed by atoms with E-state index in [9.17, 15) is 0 Å². The zero-order valence-electron chi connectivity index (χ0n) is 12.0. The first-order valence-corrected chi connectivity index (χ1v) is 7.72. The molecule has 0 unspecified atom stereocenters. The summed E-state index contributed by atoms with van der Waals surface area (Å²) < 4.78 is 2.08. The first kappa shape index (κ1) is 13.4. The van der Waals surface area contributed by atoms with Crippen LogP contribution in [0.25, 0.3) is 5.69 Å². The Balaban J connectivity index is 1.97. The molecule has 3 rings (SSSR count). The van der Waals surface area contributed by atoms with Crippen LogP contribution < -0.4 is 5.73 Å². The molecule has 2 N–H and O–H groups in total. The van der Waals surface area contributed by atoms with Crippen molar-refractivity contribution < 1.29 is 0 Å². The van der Waals surface area contributed by atoms with E-state index in [0.717, 1.165) is 12.1 Å². The van der Waals surface area contributed by atoms with E-state index in [4.69, 9.17) is 5.73 Å². The molecule has 106 valence electrons. The SMILES string of the molecule is NCCc1c(C2CCCCC2)cnn1-c1ccccc1. The Morgan fingerprint density at radius 3 is 2.55 bits per heavy atom. The van der Waals surface area contributed by atoms with Crippen LogP contribution in [-0.4, -0.2) is 16.3 Å². The van der Waals surface area contributed by atoms with Crippen LogP contribution in [0.4, 0.5) is 0 Å². The van der Waals surface area contributed by atoms with E-state index in [-0.39, 0.29) is 0 Å². The van der Waals surface area contributed by atoms with Crippen LogP contribution in [0.3, 0.4) is 0 Å². The van der Waals surface area contributed by atoms with Gasteiger partial charge in [-0.15, -0.1) is 0 Å². The van der Waals surface area contributed by atoms with Crippen LogP contribution in [-0.2, 0) is 6.42 Å². The molecule has 0 amide bonds. The first-order chi connectivity index (χ1) is 9.90. The lowest BCUT2D eigenvalue weighted by atomic mass is 9.84. The Morgan fingerprint density at radius 2 is 1.85 bits per heavy atom. The first-order valence-electron chi connectivity index (χ1n) is 7.72. The number of para-hydroxylation sites is 1. The van der Waals surface area contributed by atoms with Gasteiger partial charge in [-0.2, -0.15) is 5.10 Å². The van der Waals surface area contributed by atoms with Crippen molar-refractivity contribution in [2.75, 3.05) is 6.54 Å². The maximum Gasteiger partial charge on any atom is 0.0648 e. The molecule has 0 radical (unpaired) electrons. The van der Waals surface area contributed by atoms with Gasteiger partial charge in [0.1, 0.15) is 0 Å². The smallest absolute Gasteiger partial charge is 0.0648 e. The number of hydrogen-bond donors (Lipinski definition) is 1. The number of nitrogens with zero attached hydrogens (tertiary/aromatic N) is 2. The molecular formula is C17H23N3. The summed E-state index contributed by atoms with van der Waals surface area (Å²) in [5.41, 5.74) is 9.70. The molecule has 0 atom stereocenters. The fourth-order valence-electron chi connectivity index (χ4n) is 3.32. The maximum atomic E-state index is 5.82. The summed E-state index contributed by atoms with van der Waals surface area (Å²) in [5, 5.41) is 4.64. The zero-order chi connectivity index (χ0) is 13.8. The fraction of sp³-hybridized carbons (Fsp3) is 0.471. The Hall–Kier alpha value is -1.61. The van der Waals surface area contributed by atoms with Gasteiger partial charge in [-0.25, -0.2) is 4.68 Å². The molecule has 1 saturated carbocycles. The van der Waals surface area contributed by atoms with E-state index < -0.39 is 0 Å². The number of benzene rings is 1. The van der Waals surface area contributed by atoms with Crippen molar-refractivity contribution in [3.8, 4) is 5.69 Å². The molecule has 1 aromatic carbocycles. The predicted octanol–water partition coefficient (Wildman–Crippen LogP) is 3.42. The average molecular weight is 269 g/mol. The molecular weight excluding hydrogens is 246 g/mol. The molecule has 0 saturated heterocycles. The summed E-state index contributed by atoms with van der Waals surface area (Å²) in [4.78, 5) is 0. The summed E-state index contributed by atoms with van der Waals surface area (Å²) in [6, 6.07) is 10.4. The quantitative estimate of drug-likeness (QED) is 0.924. The van der Waals surface area contributed by atoms with Gasteiger partial charge in [0, 0.05) is 12.1 Å². The predicted molar refractivity (Wildman–Crippen MR) is 82.1 cm³/mol. The third-order valence-electron chi connectivity index (χ3n) is 4.33. The van der Waals surface area contributed by atoms with E-state index in [1.807, 2.05) is 6.07 Å². The van der Waals surface area contributed by atoms with Gasteiger partial charge in [-0.05, 0) is 43.0 Å². The molecule has 1 aromatic heterocycles. The minimum absolute atomic E-state index is 0.679. The van der Waals surface area contributed by atoms with Gasteiger partial charge >= 0.3 is 0 Å². The van der Waals surface area contributed by atoms with Crippen molar-refractivity contribution in [2.24, 2.45) is 5.73 Å². The third-order valence-corrected chi connectivity index (χ3v) is 4.33. The third kappa shape index (κ3) is 2.63. The standard InChI is InChI=1S/C17H23N3/c18-12-11-17-16(14-7-3-1-4-8-14)13-19-20(17)15-9-5-2-6-10-15/h2,5-6,9-10,13-14H,1,3-4,7-8,11-12,18H2. The van der Waals surface area contributed by atoms with Crippen molar-refractivity contribution >= 4 is 0 Å². The van der Waals surface area contributed by atoms with E-state index in [1.54, 1.807) is 0 Å². The van der Waals surface area contributed by atoms with Crippen molar-refractivity contribution in [1.29, 1.82) is 0 Å². The molecule has 0 spiro atoms. The highest BCUT2D eigenvalue weighted by Gasteiger charge is 2.21. The molecule has 2 aromatic rings. The lowest BCUT2D eigenvalue weighted by molar-refractivity contribution is 0.441. The minimum atomic E-state index is 0.679. The molecule has 1 aliphatic rings. The average Bonchev–Trinajstić information content (AvgIpc) is 2.93. The van der Waals surface area contributed by atoms with Crippen molar-refractivity contribution in [3.63, 3.8) is 0 Å². The Bertz CT molecular complexity index is 539. The molecule has 20 heavy (non-hydrogen) atoms. The summed E-state index contributed by atoms with van der Waals surface area (Å²) in [5.74, 6) is 0.683. The Labute approximate surface area is 120 Å². The second kappa shape index (κ2) is 6.23. The molecule has 3 heteroatoms. The molecule has 1 aliphatic carbocycles. The number of hydrogen-bond acceptors (Lipinski definition) is 2. The lowest BCUT2D eigenvalue weighted by Crippen LogP contribution is -2.13. The maximum absolute atomic E-state index is 5.82. The number of aromatic nitrogens is 2. The van der Waals surface area contributed by atoms with Crippen LogP contribution in [0.5, 0.6) is 0 Å². The van der Waals surface area contributed by atoms with Crippen LogP contribution >= 0.6 is 0 Å². The summed E-state index contributed by atoms with van der Waals surface area (Å²) >= 11 is 0. The lowest BCUT2D eigenvalue weighted by Gasteiger charge is -2.22. The van der Waals surface area contributed by atoms with Crippen molar-refractivity contribution in [1.82, 2.24) is 9.78 Å². The Kier molecular flexibility index (Phi) is 4.16. The van der Waals surface area contributed by atoms with Gasteiger partial charge in [0.2, 0.25) is 0 Å². The van der Waals surface area contributed by atoms with Gasteiger partial charge in [-0.1, -0.05) is 37.5 Å². The van der Waals surface area contributed by atoms with E-state index in [0.29, 0.717) is 12.5 Å².